The Morgan fingerprint density at radius 2 is 1.81 bits per heavy atom. The maximum Gasteiger partial charge on any atom is 0.184 e. The van der Waals surface area contributed by atoms with Crippen LogP contribution in [-0.4, -0.2) is 5.78 Å². The molecule has 2 aromatic rings. The van der Waals surface area contributed by atoms with E-state index in [0.717, 1.165) is 18.2 Å². The summed E-state index contributed by atoms with van der Waals surface area (Å²) in [6.07, 6.45) is 0. The summed E-state index contributed by atoms with van der Waals surface area (Å²) in [5.41, 5.74) is 0.157. The normalized spacial score (nSPS) is 11.8. The van der Waals surface area contributed by atoms with E-state index >= 15 is 0 Å². The van der Waals surface area contributed by atoms with Crippen LogP contribution in [0, 0.1) is 23.0 Å². The zero-order valence-corrected chi connectivity index (χ0v) is 11.9. The topological polar surface area (TPSA) is 40.9 Å². The average Bonchev–Trinajstić information content (AvgIpc) is 2.44. The first-order valence-corrected chi connectivity index (χ1v) is 6.53. The molecule has 6 heteroatoms. The van der Waals surface area contributed by atoms with Gasteiger partial charge < -0.3 is 0 Å². The molecule has 0 N–H and O–H groups in total. The van der Waals surface area contributed by atoms with Crippen LogP contribution in [0.2, 0.25) is 10.0 Å². The van der Waals surface area contributed by atoms with Gasteiger partial charge in [-0.3, -0.25) is 4.79 Å². The van der Waals surface area contributed by atoms with Crippen molar-refractivity contribution in [2.45, 2.75) is 5.92 Å². The summed E-state index contributed by atoms with van der Waals surface area (Å²) >= 11 is 11.7. The highest BCUT2D eigenvalue weighted by Crippen LogP contribution is 2.29. The van der Waals surface area contributed by atoms with E-state index in [9.17, 15) is 18.8 Å². The van der Waals surface area contributed by atoms with Gasteiger partial charge in [0.2, 0.25) is 0 Å². The molecule has 0 saturated heterocycles. The molecule has 106 valence electrons. The molecule has 1 atom stereocenters. The molecule has 0 aliphatic carbocycles. The number of carbonyl (C=O) groups excluding carboxylic acids is 1. The molecule has 0 heterocycles. The number of hydrogen-bond acceptors (Lipinski definition) is 2. The van der Waals surface area contributed by atoms with E-state index in [-0.39, 0.29) is 16.1 Å². The maximum absolute atomic E-state index is 13.2. The standard InChI is InChI=1S/C15H7Cl2F2NO/c16-9-2-3-10(12(17)6-9)11(7-20)15(21)8-1-4-13(18)14(19)5-8/h1-6,11H. The summed E-state index contributed by atoms with van der Waals surface area (Å²) in [5.74, 6) is -4.11. The van der Waals surface area contributed by atoms with Gasteiger partial charge in [0.1, 0.15) is 5.92 Å². The molecule has 0 aliphatic rings. The number of hydrogen-bond donors (Lipinski definition) is 0. The highest BCUT2D eigenvalue weighted by Gasteiger charge is 2.24. The van der Waals surface area contributed by atoms with Gasteiger partial charge in [-0.15, -0.1) is 0 Å². The first kappa shape index (κ1) is 15.4. The fraction of sp³-hybridized carbons (Fsp3) is 0.0667. The lowest BCUT2D eigenvalue weighted by Crippen LogP contribution is -2.12. The van der Waals surface area contributed by atoms with E-state index in [1.165, 1.54) is 18.2 Å². The van der Waals surface area contributed by atoms with Crippen molar-refractivity contribution >= 4 is 29.0 Å². The van der Waals surface area contributed by atoms with Crippen LogP contribution in [0.4, 0.5) is 8.78 Å². The van der Waals surface area contributed by atoms with Crippen LogP contribution in [0.25, 0.3) is 0 Å². The average molecular weight is 326 g/mol. The second-order valence-corrected chi connectivity index (χ2v) is 5.06. The number of nitrogens with zero attached hydrogens (tertiary/aromatic N) is 1. The van der Waals surface area contributed by atoms with Crippen molar-refractivity contribution in [3.63, 3.8) is 0 Å². The summed E-state index contributed by atoms with van der Waals surface area (Å²) in [5, 5.41) is 9.72. The smallest absolute Gasteiger partial charge is 0.184 e. The molecular weight excluding hydrogens is 319 g/mol. The van der Waals surface area contributed by atoms with Crippen LogP contribution in [0.5, 0.6) is 0 Å². The zero-order valence-electron chi connectivity index (χ0n) is 10.4. The number of ketones is 1. The SMILES string of the molecule is N#CC(C(=O)c1ccc(F)c(F)c1)c1ccc(Cl)cc1Cl. The van der Waals surface area contributed by atoms with Crippen molar-refractivity contribution in [2.75, 3.05) is 0 Å². The second kappa shape index (κ2) is 6.21. The van der Waals surface area contributed by atoms with Gasteiger partial charge in [0, 0.05) is 15.6 Å². The Morgan fingerprint density at radius 3 is 2.38 bits per heavy atom. The lowest BCUT2D eigenvalue weighted by Gasteiger charge is -2.11. The monoisotopic (exact) mass is 325 g/mol. The third kappa shape index (κ3) is 3.21. The molecule has 0 bridgehead atoms. The van der Waals surface area contributed by atoms with Gasteiger partial charge >= 0.3 is 0 Å². The van der Waals surface area contributed by atoms with Gasteiger partial charge in [-0.2, -0.15) is 5.26 Å². The van der Waals surface area contributed by atoms with Crippen LogP contribution in [-0.2, 0) is 0 Å². The Kier molecular flexibility index (Phi) is 4.56. The Balaban J connectivity index is 2.43. The van der Waals surface area contributed by atoms with Crippen LogP contribution in [0.15, 0.2) is 36.4 Å². The largest absolute Gasteiger partial charge is 0.292 e. The zero-order chi connectivity index (χ0) is 15.6. The van der Waals surface area contributed by atoms with Crippen LogP contribution in [0.3, 0.4) is 0 Å². The molecule has 0 aromatic heterocycles. The highest BCUT2D eigenvalue weighted by atomic mass is 35.5. The quantitative estimate of drug-likeness (QED) is 0.763. The summed E-state index contributed by atoms with van der Waals surface area (Å²) in [6.45, 7) is 0. The highest BCUT2D eigenvalue weighted by molar-refractivity contribution is 6.35. The number of nitriles is 1. The van der Waals surface area contributed by atoms with Crippen molar-refractivity contribution in [2.24, 2.45) is 0 Å². The van der Waals surface area contributed by atoms with E-state index in [4.69, 9.17) is 23.2 Å². The summed E-state index contributed by atoms with van der Waals surface area (Å²) < 4.78 is 26.1. The van der Waals surface area contributed by atoms with Crippen molar-refractivity contribution in [3.8, 4) is 6.07 Å². The molecule has 2 rings (SSSR count). The molecule has 0 saturated carbocycles. The van der Waals surface area contributed by atoms with Gasteiger partial charge in [-0.05, 0) is 35.9 Å². The molecule has 21 heavy (non-hydrogen) atoms. The Labute approximate surface area is 129 Å². The van der Waals surface area contributed by atoms with E-state index < -0.39 is 23.3 Å². The Morgan fingerprint density at radius 1 is 1.10 bits per heavy atom. The third-order valence-corrected chi connectivity index (χ3v) is 3.43. The molecule has 2 aromatic carbocycles. The fourth-order valence-electron chi connectivity index (χ4n) is 1.82. The summed E-state index contributed by atoms with van der Waals surface area (Å²) in [7, 11) is 0. The molecule has 0 amide bonds. The number of rotatable bonds is 3. The molecule has 2 nitrogen and oxygen atoms in total. The van der Waals surface area contributed by atoms with Gasteiger partial charge in [0.15, 0.2) is 17.4 Å². The summed E-state index contributed by atoms with van der Waals surface area (Å²) in [6, 6.07) is 8.88. The molecular formula is C15H7Cl2F2NO. The third-order valence-electron chi connectivity index (χ3n) is 2.87. The van der Waals surface area contributed by atoms with Crippen molar-refractivity contribution in [3.05, 3.63) is 69.2 Å². The van der Waals surface area contributed by atoms with Gasteiger partial charge in [-0.1, -0.05) is 29.3 Å². The van der Waals surface area contributed by atoms with E-state index in [2.05, 4.69) is 0 Å². The van der Waals surface area contributed by atoms with E-state index in [1.807, 2.05) is 6.07 Å². The lowest BCUT2D eigenvalue weighted by atomic mass is 9.92. The minimum absolute atomic E-state index is 0.105. The number of halogens is 4. The summed E-state index contributed by atoms with van der Waals surface area (Å²) in [4.78, 5) is 12.3. The number of benzene rings is 2. The number of carbonyl (C=O) groups is 1. The molecule has 0 spiro atoms. The van der Waals surface area contributed by atoms with Gasteiger partial charge in [-0.25, -0.2) is 8.78 Å². The van der Waals surface area contributed by atoms with E-state index in [0.29, 0.717) is 5.02 Å². The van der Waals surface area contributed by atoms with Crippen LogP contribution in [0.1, 0.15) is 21.8 Å². The first-order chi connectivity index (χ1) is 9.93. The predicted octanol–water partition coefficient (Wildman–Crippen LogP) is 4.76. The Bertz CT molecular complexity index is 756. The van der Waals surface area contributed by atoms with Crippen molar-refractivity contribution in [1.82, 2.24) is 0 Å². The van der Waals surface area contributed by atoms with Crippen molar-refractivity contribution < 1.29 is 13.6 Å². The van der Waals surface area contributed by atoms with Gasteiger partial charge in [0.25, 0.3) is 0 Å². The minimum Gasteiger partial charge on any atom is -0.292 e. The van der Waals surface area contributed by atoms with E-state index in [1.54, 1.807) is 0 Å². The van der Waals surface area contributed by atoms with Crippen molar-refractivity contribution in [1.29, 1.82) is 5.26 Å². The van der Waals surface area contributed by atoms with Gasteiger partial charge in [0.05, 0.1) is 6.07 Å². The molecule has 0 radical (unpaired) electrons. The first-order valence-electron chi connectivity index (χ1n) is 5.78. The molecule has 1 unspecified atom stereocenters. The van der Waals surface area contributed by atoms with Crippen LogP contribution >= 0.6 is 23.2 Å². The predicted molar refractivity (Wildman–Crippen MR) is 75.5 cm³/mol. The lowest BCUT2D eigenvalue weighted by molar-refractivity contribution is 0.0978. The number of Topliss-reactive ketones (excluding diaryl/α,β-unsaturated/α-hetero) is 1. The maximum atomic E-state index is 13.2. The Hall–Kier alpha value is -1.96. The van der Waals surface area contributed by atoms with Crippen LogP contribution < -0.4 is 0 Å². The molecule has 0 aliphatic heterocycles. The fourth-order valence-corrected chi connectivity index (χ4v) is 2.34. The minimum atomic E-state index is -1.22. The second-order valence-electron chi connectivity index (χ2n) is 4.22. The molecule has 0 fully saturated rings.